The van der Waals surface area contributed by atoms with Crippen molar-refractivity contribution in [3.8, 4) is 5.75 Å². The highest BCUT2D eigenvalue weighted by Crippen LogP contribution is 2.28. The molecule has 1 saturated heterocycles. The highest BCUT2D eigenvalue weighted by molar-refractivity contribution is 6.32. The van der Waals surface area contributed by atoms with Crippen molar-refractivity contribution >= 4 is 29.2 Å². The summed E-state index contributed by atoms with van der Waals surface area (Å²) in [5, 5.41) is 3.18. The molecule has 0 radical (unpaired) electrons. The maximum Gasteiger partial charge on any atom is 0.347 e. The van der Waals surface area contributed by atoms with Crippen molar-refractivity contribution in [1.82, 2.24) is 4.90 Å². The number of benzene rings is 2. The molecule has 1 N–H and O–H groups in total. The quantitative estimate of drug-likeness (QED) is 0.871. The monoisotopic (exact) mass is 357 g/mol. The third kappa shape index (κ3) is 4.73. The number of nitrogens with one attached hydrogen (secondary N) is 1. The predicted molar refractivity (Wildman–Crippen MR) is 101 cm³/mol. The number of likely N-dealkylation sites (tertiary alicyclic amines) is 1. The van der Waals surface area contributed by atoms with Crippen LogP contribution in [0.2, 0.25) is 5.02 Å². The largest absolute Gasteiger partial charge is 0.487 e. The standard InChI is InChI=1S/C19H20ClN3O2/c1-23-11-5-8-18(23)22-19(24)21-15-9-10-17(16(20)12-15)25-13-14-6-3-2-4-7-14/h2-4,6-7,9-10,12H,5,8,11,13H2,1H3,(H,21,24). The zero-order valence-electron chi connectivity index (χ0n) is 14.0. The van der Waals surface area contributed by atoms with Crippen LogP contribution in [0.1, 0.15) is 18.4 Å². The van der Waals surface area contributed by atoms with Crippen molar-refractivity contribution in [3.05, 3.63) is 59.1 Å². The molecule has 2 amide bonds. The lowest BCUT2D eigenvalue weighted by Crippen LogP contribution is -2.21. The Morgan fingerprint density at radius 1 is 1.28 bits per heavy atom. The normalized spacial score (nSPS) is 15.4. The van der Waals surface area contributed by atoms with Crippen molar-refractivity contribution in [2.24, 2.45) is 4.99 Å². The summed E-state index contributed by atoms with van der Waals surface area (Å²) < 4.78 is 5.73. The van der Waals surface area contributed by atoms with Gasteiger partial charge in [-0.25, -0.2) is 4.79 Å². The topological polar surface area (TPSA) is 53.9 Å². The first kappa shape index (κ1) is 17.3. The van der Waals surface area contributed by atoms with E-state index in [1.54, 1.807) is 18.2 Å². The van der Waals surface area contributed by atoms with Crippen LogP contribution in [0, 0.1) is 0 Å². The van der Waals surface area contributed by atoms with Gasteiger partial charge in [0.05, 0.1) is 5.02 Å². The number of ether oxygens (including phenoxy) is 1. The van der Waals surface area contributed by atoms with E-state index in [2.05, 4.69) is 10.3 Å². The molecule has 1 aliphatic rings. The van der Waals surface area contributed by atoms with E-state index in [1.807, 2.05) is 42.3 Å². The molecule has 0 atom stereocenters. The number of carbonyl (C=O) groups is 1. The SMILES string of the molecule is CN1CCCC1=NC(=O)Nc1ccc(OCc2ccccc2)c(Cl)c1. The molecule has 0 aromatic heterocycles. The van der Waals surface area contributed by atoms with Gasteiger partial charge in [-0.3, -0.25) is 0 Å². The van der Waals surface area contributed by atoms with Gasteiger partial charge in [-0.1, -0.05) is 41.9 Å². The van der Waals surface area contributed by atoms with Crippen LogP contribution in [0.4, 0.5) is 10.5 Å². The first-order chi connectivity index (χ1) is 12.1. The Balaban J connectivity index is 1.60. The molecule has 130 valence electrons. The molecule has 1 fully saturated rings. The molecular formula is C19H20ClN3O2. The lowest BCUT2D eigenvalue weighted by molar-refractivity contribution is 0.259. The molecule has 0 bridgehead atoms. The van der Waals surface area contributed by atoms with Crippen LogP contribution >= 0.6 is 11.6 Å². The van der Waals surface area contributed by atoms with Gasteiger partial charge in [0.25, 0.3) is 0 Å². The molecule has 6 heteroatoms. The van der Waals surface area contributed by atoms with Gasteiger partial charge in [-0.05, 0) is 30.2 Å². The second-order valence-electron chi connectivity index (χ2n) is 5.90. The Labute approximate surface area is 152 Å². The molecule has 2 aromatic rings. The fourth-order valence-electron chi connectivity index (χ4n) is 2.64. The number of urea groups is 1. The summed E-state index contributed by atoms with van der Waals surface area (Å²) in [6, 6.07) is 14.6. The van der Waals surface area contributed by atoms with Gasteiger partial charge < -0.3 is 15.0 Å². The Morgan fingerprint density at radius 3 is 2.76 bits per heavy atom. The van der Waals surface area contributed by atoms with E-state index in [0.29, 0.717) is 23.1 Å². The van der Waals surface area contributed by atoms with Crippen LogP contribution in [0.5, 0.6) is 5.75 Å². The van der Waals surface area contributed by atoms with E-state index in [-0.39, 0.29) is 0 Å². The molecule has 1 aliphatic heterocycles. The van der Waals surface area contributed by atoms with E-state index < -0.39 is 6.03 Å². The number of hydrogen-bond acceptors (Lipinski definition) is 2. The molecule has 0 spiro atoms. The van der Waals surface area contributed by atoms with Crippen molar-refractivity contribution < 1.29 is 9.53 Å². The van der Waals surface area contributed by atoms with Gasteiger partial charge in [0.1, 0.15) is 18.2 Å². The van der Waals surface area contributed by atoms with E-state index in [4.69, 9.17) is 16.3 Å². The number of rotatable bonds is 4. The summed E-state index contributed by atoms with van der Waals surface area (Å²) in [5.41, 5.74) is 1.65. The minimum atomic E-state index is -0.391. The zero-order valence-corrected chi connectivity index (χ0v) is 14.8. The average molecular weight is 358 g/mol. The van der Waals surface area contributed by atoms with Crippen molar-refractivity contribution in [2.45, 2.75) is 19.4 Å². The van der Waals surface area contributed by atoms with Crippen molar-refractivity contribution in [3.63, 3.8) is 0 Å². The van der Waals surface area contributed by atoms with E-state index in [9.17, 15) is 4.79 Å². The molecule has 5 nitrogen and oxygen atoms in total. The van der Waals surface area contributed by atoms with E-state index in [0.717, 1.165) is 30.8 Å². The third-order valence-corrected chi connectivity index (χ3v) is 4.28. The van der Waals surface area contributed by atoms with Gasteiger partial charge in [-0.2, -0.15) is 4.99 Å². The number of carbonyl (C=O) groups excluding carboxylic acids is 1. The first-order valence-corrected chi connectivity index (χ1v) is 8.55. The minimum absolute atomic E-state index is 0.391. The maximum atomic E-state index is 12.0. The molecule has 3 rings (SSSR count). The van der Waals surface area contributed by atoms with E-state index in [1.165, 1.54) is 0 Å². The molecule has 0 aliphatic carbocycles. The Kier molecular flexibility index (Phi) is 5.56. The number of nitrogens with zero attached hydrogens (tertiary/aromatic N) is 2. The summed E-state index contributed by atoms with van der Waals surface area (Å²) in [6.45, 7) is 1.37. The summed E-state index contributed by atoms with van der Waals surface area (Å²) >= 11 is 6.25. The fourth-order valence-corrected chi connectivity index (χ4v) is 2.87. The summed E-state index contributed by atoms with van der Waals surface area (Å²) in [6.07, 6.45) is 1.86. The average Bonchev–Trinajstić information content (AvgIpc) is 3.00. The zero-order chi connectivity index (χ0) is 17.6. The van der Waals surface area contributed by atoms with Gasteiger partial charge in [-0.15, -0.1) is 0 Å². The van der Waals surface area contributed by atoms with Crippen molar-refractivity contribution in [1.29, 1.82) is 0 Å². The molecule has 0 saturated carbocycles. The van der Waals surface area contributed by atoms with Gasteiger partial charge in [0.2, 0.25) is 0 Å². The van der Waals surface area contributed by atoms with E-state index >= 15 is 0 Å². The van der Waals surface area contributed by atoms with Crippen LogP contribution in [-0.4, -0.2) is 30.4 Å². The molecule has 25 heavy (non-hydrogen) atoms. The number of aliphatic imine (C=N–C) groups is 1. The predicted octanol–water partition coefficient (Wildman–Crippen LogP) is 4.58. The van der Waals surface area contributed by atoms with Gasteiger partial charge >= 0.3 is 6.03 Å². The lowest BCUT2D eigenvalue weighted by atomic mass is 10.2. The molecule has 2 aromatic carbocycles. The highest BCUT2D eigenvalue weighted by Gasteiger charge is 2.15. The third-order valence-electron chi connectivity index (χ3n) is 3.99. The Hall–Kier alpha value is -2.53. The molecular weight excluding hydrogens is 338 g/mol. The van der Waals surface area contributed by atoms with Crippen LogP contribution in [-0.2, 0) is 6.61 Å². The molecule has 0 unspecified atom stereocenters. The maximum absolute atomic E-state index is 12.0. The van der Waals surface area contributed by atoms with Crippen LogP contribution in [0.15, 0.2) is 53.5 Å². The lowest BCUT2D eigenvalue weighted by Gasteiger charge is -2.12. The van der Waals surface area contributed by atoms with Crippen molar-refractivity contribution in [2.75, 3.05) is 18.9 Å². The summed E-state index contributed by atoms with van der Waals surface area (Å²) in [5.74, 6) is 1.39. The second-order valence-corrected chi connectivity index (χ2v) is 6.31. The van der Waals surface area contributed by atoms with Gasteiger partial charge in [0.15, 0.2) is 0 Å². The number of amidine groups is 1. The minimum Gasteiger partial charge on any atom is -0.487 e. The second kappa shape index (κ2) is 8.03. The summed E-state index contributed by atoms with van der Waals surface area (Å²) in [7, 11) is 1.94. The smallest absolute Gasteiger partial charge is 0.347 e. The number of amides is 2. The van der Waals surface area contributed by atoms with Gasteiger partial charge in [0, 0.05) is 25.7 Å². The highest BCUT2D eigenvalue weighted by atomic mass is 35.5. The molecule has 1 heterocycles. The van der Waals surface area contributed by atoms with Crippen LogP contribution in [0.25, 0.3) is 0 Å². The number of halogens is 1. The number of anilines is 1. The first-order valence-electron chi connectivity index (χ1n) is 8.18. The Morgan fingerprint density at radius 2 is 2.08 bits per heavy atom. The van der Waals surface area contributed by atoms with Crippen LogP contribution < -0.4 is 10.1 Å². The summed E-state index contributed by atoms with van der Waals surface area (Å²) in [4.78, 5) is 18.1. The number of hydrogen-bond donors (Lipinski definition) is 1. The fraction of sp³-hybridized carbons (Fsp3) is 0.263. The Bertz CT molecular complexity index is 777. The van der Waals surface area contributed by atoms with Crippen LogP contribution in [0.3, 0.4) is 0 Å².